The predicted octanol–water partition coefficient (Wildman–Crippen LogP) is -42.6. The summed E-state index contributed by atoms with van der Waals surface area (Å²) in [5.74, 6) is -4.88. The fourth-order valence-electron chi connectivity index (χ4n) is 11.6. The molecule has 0 saturated carbocycles. The molecule has 70 heteroatoms. The van der Waals surface area contributed by atoms with E-state index in [1.807, 2.05) is 0 Å². The first-order valence-corrected chi connectivity index (χ1v) is 34.6. The number of nitrogens with zero attached hydrogens (tertiary/aromatic N) is 1. The van der Waals surface area contributed by atoms with Gasteiger partial charge in [-0.2, -0.15) is 13.0 Å². The van der Waals surface area contributed by atoms with E-state index < -0.39 is 238 Å². The van der Waals surface area contributed by atoms with Gasteiger partial charge in [0.05, 0.1) is 31.2 Å². The van der Waals surface area contributed by atoms with Crippen molar-refractivity contribution in [2.24, 2.45) is 0 Å². The Morgan fingerprint density at radius 2 is 1.12 bits per heavy atom. The van der Waals surface area contributed by atoms with Crippen molar-refractivity contribution in [3.63, 3.8) is 0 Å². The zero-order valence-corrected chi connectivity index (χ0v) is 89.3. The van der Waals surface area contributed by atoms with Crippen LogP contribution in [0.5, 0.6) is 0 Å². The minimum absolute atomic E-state index is 0. The van der Waals surface area contributed by atoms with Crippen LogP contribution in [0.4, 0.5) is 0 Å². The molecule has 0 aliphatic carbocycles. The Labute approximate surface area is 882 Å². The predicted molar refractivity (Wildman–Crippen MR) is 289 cm³/mol. The summed E-state index contributed by atoms with van der Waals surface area (Å²) in [5.41, 5.74) is -11.2. The fraction of sp³-hybridized carbons (Fsp3) is 0.951. The van der Waals surface area contributed by atoms with Crippen molar-refractivity contribution in [3.05, 3.63) is 0 Å². The van der Waals surface area contributed by atoms with Gasteiger partial charge in [-0.05, 0) is 34.6 Å². The van der Waals surface area contributed by atoms with Gasteiger partial charge in [-0.1, -0.05) is 0 Å². The Bertz CT molecular complexity index is 3090. The maximum Gasteiger partial charge on any atom is 1.00 e. The molecule has 0 amide bonds. The molecule has 5 aliphatic heterocycles. The van der Waals surface area contributed by atoms with Gasteiger partial charge in [-0.15, -0.1) is 8.67 Å². The number of rotatable bonds is 46. The summed E-state index contributed by atoms with van der Waals surface area (Å²) < 4.78 is 277. The summed E-state index contributed by atoms with van der Waals surface area (Å²) in [6, 6.07) is -6.11. The van der Waals surface area contributed by atoms with Crippen LogP contribution in [0.25, 0.3) is 0 Å². The van der Waals surface area contributed by atoms with E-state index in [1.165, 1.54) is 21.1 Å². The molecule has 111 heavy (non-hydrogen) atoms. The second-order valence-corrected chi connectivity index (χ2v) is 27.3. The molecule has 5 aliphatic rings. The molecule has 0 aromatic rings. The van der Waals surface area contributed by atoms with Gasteiger partial charge in [0.1, 0.15) is 153 Å². The average molecular weight is 1870 g/mol. The van der Waals surface area contributed by atoms with Gasteiger partial charge in [-0.3, -0.25) is 46.1 Å². The van der Waals surface area contributed by atoms with Crippen LogP contribution in [-0.2, 0) is 175 Å². The van der Waals surface area contributed by atoms with Gasteiger partial charge in [0.25, 0.3) is 0 Å². The van der Waals surface area contributed by atoms with E-state index >= 15 is 0 Å². The van der Waals surface area contributed by atoms with Crippen molar-refractivity contribution in [1.82, 2.24) is 13.7 Å². The van der Waals surface area contributed by atoms with Crippen LogP contribution >= 0.6 is 61.3 Å². The molecule has 52 nitrogen and oxygen atoms in total. The number of hydrogen-bond donors (Lipinski definition) is 4. The van der Waals surface area contributed by atoms with Crippen molar-refractivity contribution in [2.75, 3.05) is 55.8 Å². The summed E-state index contributed by atoms with van der Waals surface area (Å²) in [6.45, 7) is 2.14. The van der Waals surface area contributed by atoms with Gasteiger partial charge >= 0.3 is 296 Å². The van der Waals surface area contributed by atoms with Crippen molar-refractivity contribution in [1.29, 1.82) is 2.86 Å². The summed E-state index contributed by atoms with van der Waals surface area (Å²) in [4.78, 5) is 27.4. The molecule has 5 rings (SSSR count). The molecule has 5 fully saturated rings. The summed E-state index contributed by atoms with van der Waals surface area (Å²) >= 11 is -1.15. The van der Waals surface area contributed by atoms with Crippen LogP contribution in [-0.4, -0.2) is 281 Å². The number of carbonyl (C=O) groups is 2. The molecular formula is C41H63N3Na10O49S8. The Morgan fingerprint density at radius 3 is 1.59 bits per heavy atom. The first-order chi connectivity index (χ1) is 49.2. The molecule has 11 unspecified atom stereocenters. The quantitative estimate of drug-likeness (QED) is 0.00642. The number of carboxylic acids is 2. The molecule has 0 radical (unpaired) electrons. The topological polar surface area (TPSA) is 703 Å². The number of nitrogens with one attached hydrogen (secondary N) is 2. The second-order valence-electron chi connectivity index (χ2n) is 21.4. The zero-order chi connectivity index (χ0) is 79.0. The van der Waals surface area contributed by atoms with Gasteiger partial charge < -0.3 is 136 Å². The van der Waals surface area contributed by atoms with Crippen LogP contribution in [0.1, 0.15) is 34.6 Å². The van der Waals surface area contributed by atoms with E-state index in [2.05, 4.69) is 51.0 Å². The first kappa shape index (κ1) is 122. The summed E-state index contributed by atoms with van der Waals surface area (Å²) in [6.07, 6.45) is -46.0. The zero-order valence-electron chi connectivity index (χ0n) is 66.7. The summed E-state index contributed by atoms with van der Waals surface area (Å²) in [7, 11) is -12.0. The molecule has 0 aromatic heterocycles. The van der Waals surface area contributed by atoms with E-state index in [0.29, 0.717) is 13.8 Å². The van der Waals surface area contributed by atoms with Crippen LogP contribution in [0.2, 0.25) is 2.82 Å². The number of hydrogen-bond acceptors (Lipinski definition) is 57. The molecule has 5 saturated heterocycles. The van der Waals surface area contributed by atoms with Gasteiger partial charge in [0.2, 0.25) is 34.1 Å². The van der Waals surface area contributed by atoms with Crippen molar-refractivity contribution >= 4 is 104 Å². The number of aliphatic hydroxyl groups is 2. The first-order valence-electron chi connectivity index (χ1n) is 28.8. The van der Waals surface area contributed by atoms with Crippen LogP contribution in [0.3, 0.4) is 0 Å². The second kappa shape index (κ2) is 61.5. The van der Waals surface area contributed by atoms with E-state index in [1.54, 1.807) is 0 Å². The van der Waals surface area contributed by atoms with Gasteiger partial charge in [-0.25, -0.2) is 39.0 Å². The van der Waals surface area contributed by atoms with Crippen molar-refractivity contribution in [3.8, 4) is 0 Å². The normalized spacial score (nSPS) is 35.7. The smallest absolute Gasteiger partial charge is 0.726 e. The fourth-order valence-corrected chi connectivity index (χ4v) is 14.8. The van der Waals surface area contributed by atoms with Crippen LogP contribution in [0.15, 0.2) is 0 Å². The third-order valence-corrected chi connectivity index (χ3v) is 19.2. The molecule has 0 bridgehead atoms. The van der Waals surface area contributed by atoms with E-state index in [4.69, 9.17) is 97.5 Å². The Kier molecular flexibility index (Phi) is 67.5. The number of carboxylic acid groups (broad SMARTS) is 2. The third-order valence-electron chi connectivity index (χ3n) is 15.6. The minimum Gasteiger partial charge on any atom is -0.726 e. The average Bonchev–Trinajstić information content (AvgIpc) is 0.708. The maximum absolute atomic E-state index is 13.7. The number of ether oxygens (including phenoxy) is 14. The molecule has 26 atom stereocenters. The minimum atomic E-state index is -6.35. The van der Waals surface area contributed by atoms with Gasteiger partial charge in [0.15, 0.2) is 62.2 Å². The number of methoxy groups -OCH3 is 5. The largest absolute Gasteiger partial charge is 1.00 e. The SMILES string of the molecule is [2H]O[C@H]1C(OS(=O)(=O)[O-])[C@H](O[C@H]2C(OC)C(N([2H])SOO[O-])[C@@H](OC)O[C@H]2COS(=O)(=O)[O-])OC(C(=O)[O-])[C@@]1(C)O[C@H]1OC(C(C)OS(=O)(=O)[O-])[C@@](C)(O[C@@H]2O[C@@H](C(=O)[O-])[C@@H](O[C@H]3O[C@@H](COSOO[O-])[C@@H](OC)C(C)(OC)C3N(C)SOO[O-])C(C)(O[2H])C2OC)[C@H](OSOO[O-])C1N([2H])SOO[O-].[Na+].[Na+].[Na+].[Na+].[Na+].[Na+].[Na+].[Na+].[Na+].[Na+]. The molecule has 4 N–H and O–H groups in total. The third kappa shape index (κ3) is 36.5. The molecule has 5 heterocycles. The molecule has 0 spiro atoms. The van der Waals surface area contributed by atoms with Crippen molar-refractivity contribution in [2.45, 2.75) is 192 Å². The Balaban J connectivity index is -0.00000297. The molecule has 0 aromatic carbocycles. The summed E-state index contributed by atoms with van der Waals surface area (Å²) in [5, 5.41) is 110. The van der Waals surface area contributed by atoms with Crippen LogP contribution < -0.4 is 342 Å². The van der Waals surface area contributed by atoms with E-state index in [9.17, 15) is 86.4 Å². The number of carbonyl (C=O) groups excluding carboxylic acids is 2. The monoisotopic (exact) mass is 1870 g/mol. The number of aliphatic hydroxyl groups excluding tert-OH is 1. The van der Waals surface area contributed by atoms with E-state index in [0.717, 1.165) is 46.6 Å². The molecular weight excluding hydrogens is 1800 g/mol. The van der Waals surface area contributed by atoms with Crippen LogP contribution in [0, 0.1) is 0 Å². The number of aliphatic carboxylic acids is 2. The molecule has 594 valence electrons. The Morgan fingerprint density at radius 1 is 0.568 bits per heavy atom. The Hall–Kier alpha value is 8.86. The standard InChI is InChI=1S/C41H73N3O49S8.10Na/c1-14(82-100(59,60)61)25-41(5,80-37-30(67-9)38(2,50)28(22(75-37)31(46)47)77-36-23(44(6)96-91-86-53)39(3,69-11)26(66-8)16(73-36)12-70-97-92-87-54)27(81-98-93-88-55)18(43-95-90-85-52)34(76-25)79-40(4)24(45)21(83-101(62,63)64)35(78-29(40)32(48)49)74-19-15(13-71-99(56,57)58)72-33(68-10)17(20(19)65-7)42-94-89-84-51;;;;;;;;;;/h14-30,33-37,42-43,45,50-55H,12-13H2,1-11H3,(H,46,47)(H,48,49)(H,56,57,58)(H,59,60,61)(H,62,63,64);;;;;;;;;;/q;10*+1/p-10/t14?,15-,16-,17?,18?,19+,20?,21?,22+,23?,24-,25?,26+,27+,28+,29?,30?,33-,34+,35+,36+,37-,38?,39?,40-,41+;;;;;;;;;;/m0........../s1/i45D,50D;;;;;;;;;;/hD2. The van der Waals surface area contributed by atoms with E-state index in [-0.39, 0.29) is 342 Å². The number of likely N-dealkylation sites (N-methyl/N-ethyl adjacent to an activating group) is 1. The van der Waals surface area contributed by atoms with Gasteiger partial charge in [0, 0.05) is 42.6 Å². The van der Waals surface area contributed by atoms with Crippen molar-refractivity contribution < 1.29 is 528 Å². The maximum atomic E-state index is 13.7.